The summed E-state index contributed by atoms with van der Waals surface area (Å²) >= 11 is 0. The first-order chi connectivity index (χ1) is 11.3. The van der Waals surface area contributed by atoms with Crippen LogP contribution in [0.2, 0.25) is 0 Å². The summed E-state index contributed by atoms with van der Waals surface area (Å²) in [6.45, 7) is 1.56. The van der Waals surface area contributed by atoms with Crippen LogP contribution >= 0.6 is 0 Å². The number of aryl methyl sites for hydroxylation is 1. The van der Waals surface area contributed by atoms with E-state index in [0.717, 1.165) is 9.47 Å². The molecule has 0 saturated carbocycles. The first-order valence-corrected chi connectivity index (χ1v) is 7.52. The quantitative estimate of drug-likeness (QED) is 0.606. The molecule has 6 nitrogen and oxygen atoms in total. The van der Waals surface area contributed by atoms with Gasteiger partial charge in [-0.2, -0.15) is 0 Å². The topological polar surface area (TPSA) is 82.8 Å². The Kier molecular flexibility index (Phi) is 4.02. The van der Waals surface area contributed by atoms with E-state index in [1.54, 1.807) is 19.0 Å². The first-order valence-electron chi connectivity index (χ1n) is 7.52. The number of carbonyl (C=O) groups is 2. The zero-order valence-electron chi connectivity index (χ0n) is 12.7. The van der Waals surface area contributed by atoms with Crippen LogP contribution in [0.5, 0.6) is 0 Å². The van der Waals surface area contributed by atoms with Crippen molar-refractivity contribution in [2.75, 3.05) is 0 Å². The molecule has 1 unspecified atom stereocenters. The van der Waals surface area contributed by atoms with Gasteiger partial charge in [0.25, 0.3) is 0 Å². The van der Waals surface area contributed by atoms with E-state index in [9.17, 15) is 9.59 Å². The van der Waals surface area contributed by atoms with Crippen LogP contribution in [0.15, 0.2) is 17.7 Å². The minimum absolute atomic E-state index is 0.00480. The Bertz CT molecular complexity index is 757. The molecule has 126 valence electrons. The number of halogens is 2. The summed E-state index contributed by atoms with van der Waals surface area (Å²) < 4.78 is 31.0. The van der Waals surface area contributed by atoms with Gasteiger partial charge >= 0.3 is 136 Å². The summed E-state index contributed by atoms with van der Waals surface area (Å²) in [6, 6.07) is 2.32. The van der Waals surface area contributed by atoms with Gasteiger partial charge < -0.3 is 0 Å². The molecule has 9 heteroatoms. The molecule has 1 atom stereocenters. The van der Waals surface area contributed by atoms with Gasteiger partial charge in [0.2, 0.25) is 0 Å². The van der Waals surface area contributed by atoms with Gasteiger partial charge in [-0.05, 0) is 0 Å². The summed E-state index contributed by atoms with van der Waals surface area (Å²) in [5.41, 5.74) is 0.859. The second-order valence-corrected chi connectivity index (χ2v) is 5.79. The fraction of sp³-hybridized carbons (Fsp3) is 0.400. The van der Waals surface area contributed by atoms with Crippen LogP contribution in [0.1, 0.15) is 30.7 Å². The monoisotopic (exact) mass is 336 g/mol. The molecule has 2 N–H and O–H groups in total. The zero-order valence-corrected chi connectivity index (χ0v) is 12.7. The maximum absolute atomic E-state index is 15.1. The van der Waals surface area contributed by atoms with E-state index in [-0.39, 0.29) is 31.4 Å². The number of rotatable bonds is 6. The van der Waals surface area contributed by atoms with Crippen LogP contribution in [0.3, 0.4) is 0 Å². The summed E-state index contributed by atoms with van der Waals surface area (Å²) in [7, 11) is 0. The van der Waals surface area contributed by atoms with E-state index in [2.05, 4.69) is 0 Å². The molecule has 24 heavy (non-hydrogen) atoms. The molecule has 3 rings (SSSR count). The number of hydrogen-bond acceptors (Lipinski definition) is 3. The van der Waals surface area contributed by atoms with Crippen molar-refractivity contribution in [1.82, 2.24) is 9.47 Å². The molecule has 1 aromatic rings. The van der Waals surface area contributed by atoms with Crippen molar-refractivity contribution < 1.29 is 28.6 Å². The Morgan fingerprint density at radius 1 is 1.21 bits per heavy atom. The summed E-state index contributed by atoms with van der Waals surface area (Å²) in [5, 5.41) is 17.6. The average molecular weight is 336 g/mol. The van der Waals surface area contributed by atoms with Crippen LogP contribution < -0.4 is 0 Å². The predicted octanol–water partition coefficient (Wildman–Crippen LogP) is 1.38. The van der Waals surface area contributed by atoms with Crippen molar-refractivity contribution in [2.24, 2.45) is 0 Å². The Morgan fingerprint density at radius 3 is 2.58 bits per heavy atom. The Morgan fingerprint density at radius 2 is 1.92 bits per heavy atom. The van der Waals surface area contributed by atoms with Crippen LogP contribution in [0.4, 0.5) is 8.78 Å². The van der Waals surface area contributed by atoms with Gasteiger partial charge in [-0.3, -0.25) is 0 Å². The van der Waals surface area contributed by atoms with E-state index < -0.39 is 24.2 Å². The molecule has 0 amide bonds. The SMILES string of the molecule is O=C(O)CCc1ccc2n1C(F)(F)N1C(=C2)B=CC1CCC(=O)O. The molecular formula is C15H15BF2N2O4. The minimum atomic E-state index is -3.39. The predicted molar refractivity (Wildman–Crippen MR) is 82.9 cm³/mol. The van der Waals surface area contributed by atoms with Crippen molar-refractivity contribution in [3.63, 3.8) is 0 Å². The molecule has 0 saturated heterocycles. The van der Waals surface area contributed by atoms with Gasteiger partial charge in [-0.1, -0.05) is 0 Å². The Hall–Kier alpha value is -2.45. The van der Waals surface area contributed by atoms with Crippen molar-refractivity contribution in [2.45, 2.75) is 37.9 Å². The van der Waals surface area contributed by atoms with Gasteiger partial charge in [0, 0.05) is 0 Å². The molecule has 1 aromatic heterocycles. The van der Waals surface area contributed by atoms with Gasteiger partial charge in [0.15, 0.2) is 0 Å². The van der Waals surface area contributed by atoms with E-state index in [4.69, 9.17) is 10.2 Å². The maximum atomic E-state index is 15.1. The fourth-order valence-corrected chi connectivity index (χ4v) is 3.16. The molecule has 0 fully saturated rings. The standard InChI is InChI=1S/C15H15BF2N2O4/c17-15(18)19-9(3-5-13(21)22)1-2-10(19)7-12-16-8-11(20(12)15)4-6-14(23)24/h1-2,7-8,11H,3-6H2,(H,21,22)(H,23,24). The first kappa shape index (κ1) is 16.4. The second-order valence-electron chi connectivity index (χ2n) is 5.79. The fourth-order valence-electron chi connectivity index (χ4n) is 3.16. The molecular weight excluding hydrogens is 321 g/mol. The number of carboxylic acids is 2. The molecule has 2 aliphatic heterocycles. The molecule has 0 aliphatic carbocycles. The van der Waals surface area contributed by atoms with E-state index in [0.29, 0.717) is 11.3 Å². The number of fused-ring (bicyclic) bond motifs is 2. The van der Waals surface area contributed by atoms with E-state index in [1.165, 1.54) is 12.1 Å². The zero-order chi connectivity index (χ0) is 17.5. The third-order valence-electron chi connectivity index (χ3n) is 4.19. The number of aromatic nitrogens is 1. The molecule has 0 radical (unpaired) electrons. The van der Waals surface area contributed by atoms with Gasteiger partial charge in [0.05, 0.1) is 0 Å². The molecule has 2 aliphatic rings. The third kappa shape index (κ3) is 2.74. The Labute approximate surface area is 136 Å². The van der Waals surface area contributed by atoms with Crippen LogP contribution in [-0.4, -0.2) is 50.5 Å². The number of carboxylic acid groups (broad SMARTS) is 2. The van der Waals surface area contributed by atoms with Crippen LogP contribution in [0.25, 0.3) is 6.08 Å². The van der Waals surface area contributed by atoms with E-state index in [1.807, 2.05) is 0 Å². The average Bonchev–Trinajstić information content (AvgIpc) is 3.08. The van der Waals surface area contributed by atoms with Gasteiger partial charge in [-0.25, -0.2) is 0 Å². The molecule has 3 heterocycles. The number of nitrogens with zero attached hydrogens (tertiary/aromatic N) is 2. The number of aliphatic carboxylic acids is 2. The summed E-state index contributed by atoms with van der Waals surface area (Å²) in [4.78, 5) is 22.4. The van der Waals surface area contributed by atoms with Crippen molar-refractivity contribution in [1.29, 1.82) is 0 Å². The Balaban J connectivity index is 1.92. The normalized spacial score (nSPS) is 20.2. The third-order valence-corrected chi connectivity index (χ3v) is 4.19. The van der Waals surface area contributed by atoms with Crippen LogP contribution in [0, 0.1) is 0 Å². The number of hydrogen-bond donors (Lipinski definition) is 2. The van der Waals surface area contributed by atoms with Gasteiger partial charge in [0.1, 0.15) is 0 Å². The summed E-state index contributed by atoms with van der Waals surface area (Å²) in [5.74, 6) is -0.514. The van der Waals surface area contributed by atoms with Gasteiger partial charge in [-0.15, -0.1) is 0 Å². The molecule has 0 spiro atoms. The summed E-state index contributed by atoms with van der Waals surface area (Å²) in [6.07, 6.45) is -2.17. The molecule has 0 aromatic carbocycles. The van der Waals surface area contributed by atoms with Crippen LogP contribution in [-0.2, 0) is 22.2 Å². The molecule has 0 bridgehead atoms. The van der Waals surface area contributed by atoms with E-state index >= 15 is 8.78 Å². The number of alkyl halides is 2. The van der Waals surface area contributed by atoms with Crippen molar-refractivity contribution in [3.8, 4) is 0 Å². The second kappa shape index (κ2) is 5.88. The van der Waals surface area contributed by atoms with Crippen molar-refractivity contribution >= 4 is 30.9 Å². The van der Waals surface area contributed by atoms with Crippen molar-refractivity contribution in [3.05, 3.63) is 29.1 Å².